The summed E-state index contributed by atoms with van der Waals surface area (Å²) in [6.07, 6.45) is 1.76. The van der Waals surface area contributed by atoms with E-state index < -0.39 is 0 Å². The Hall–Kier alpha value is -1.42. The summed E-state index contributed by atoms with van der Waals surface area (Å²) in [5, 5.41) is 0. The van der Waals surface area contributed by atoms with Crippen molar-refractivity contribution in [1.82, 2.24) is 0 Å². The standard InChI is InChI=1S/C16H25NO3/c1-11(17)7-12-8-14-15(20-10-19-14)9-13(12)18-6-5-16(2,3)4/h8-9,11H,5-7,10,17H2,1-4H3. The Morgan fingerprint density at radius 1 is 1.25 bits per heavy atom. The van der Waals surface area contributed by atoms with E-state index in [9.17, 15) is 0 Å². The third-order valence-electron chi connectivity index (χ3n) is 3.21. The highest BCUT2D eigenvalue weighted by Crippen LogP contribution is 2.38. The molecule has 0 amide bonds. The van der Waals surface area contributed by atoms with Crippen LogP contribution in [0.4, 0.5) is 0 Å². The van der Waals surface area contributed by atoms with Gasteiger partial charge in [0.25, 0.3) is 0 Å². The molecule has 2 rings (SSSR count). The molecule has 1 unspecified atom stereocenters. The highest BCUT2D eigenvalue weighted by molar-refractivity contribution is 5.52. The minimum atomic E-state index is 0.0836. The average Bonchev–Trinajstić information content (AvgIpc) is 2.73. The Morgan fingerprint density at radius 3 is 2.50 bits per heavy atom. The van der Waals surface area contributed by atoms with Crippen LogP contribution >= 0.6 is 0 Å². The van der Waals surface area contributed by atoms with Crippen molar-refractivity contribution in [3.63, 3.8) is 0 Å². The fourth-order valence-corrected chi connectivity index (χ4v) is 2.07. The van der Waals surface area contributed by atoms with Gasteiger partial charge in [0.15, 0.2) is 11.5 Å². The second kappa shape index (κ2) is 5.92. The molecule has 0 aromatic heterocycles. The van der Waals surface area contributed by atoms with Crippen LogP contribution in [0, 0.1) is 5.41 Å². The lowest BCUT2D eigenvalue weighted by molar-refractivity contribution is 0.173. The molecule has 1 aromatic carbocycles. The van der Waals surface area contributed by atoms with Crippen molar-refractivity contribution in [2.45, 2.75) is 46.6 Å². The average molecular weight is 279 g/mol. The summed E-state index contributed by atoms with van der Waals surface area (Å²) in [7, 11) is 0. The molecule has 1 aliphatic heterocycles. The lowest BCUT2D eigenvalue weighted by atomic mass is 9.93. The molecule has 1 aromatic rings. The van der Waals surface area contributed by atoms with Gasteiger partial charge >= 0.3 is 0 Å². The van der Waals surface area contributed by atoms with Gasteiger partial charge in [-0.25, -0.2) is 0 Å². The van der Waals surface area contributed by atoms with Gasteiger partial charge in [0.2, 0.25) is 6.79 Å². The minimum absolute atomic E-state index is 0.0836. The molecule has 0 aliphatic carbocycles. The molecule has 112 valence electrons. The van der Waals surface area contributed by atoms with Gasteiger partial charge in [0.05, 0.1) is 6.61 Å². The largest absolute Gasteiger partial charge is 0.493 e. The van der Waals surface area contributed by atoms with Crippen molar-refractivity contribution in [2.75, 3.05) is 13.4 Å². The van der Waals surface area contributed by atoms with E-state index >= 15 is 0 Å². The van der Waals surface area contributed by atoms with Crippen molar-refractivity contribution in [1.29, 1.82) is 0 Å². The predicted molar refractivity (Wildman–Crippen MR) is 79.5 cm³/mol. The van der Waals surface area contributed by atoms with Gasteiger partial charge in [-0.2, -0.15) is 0 Å². The Bertz CT molecular complexity index is 464. The summed E-state index contributed by atoms with van der Waals surface area (Å²) in [5.74, 6) is 2.39. The van der Waals surface area contributed by atoms with Gasteiger partial charge in [-0.3, -0.25) is 0 Å². The van der Waals surface area contributed by atoms with E-state index in [2.05, 4.69) is 20.8 Å². The lowest BCUT2D eigenvalue weighted by Gasteiger charge is -2.19. The third kappa shape index (κ3) is 4.04. The molecule has 1 aliphatic rings. The highest BCUT2D eigenvalue weighted by atomic mass is 16.7. The van der Waals surface area contributed by atoms with Gasteiger partial charge in [0, 0.05) is 12.1 Å². The molecule has 2 N–H and O–H groups in total. The first-order valence-corrected chi connectivity index (χ1v) is 7.16. The monoisotopic (exact) mass is 279 g/mol. The number of benzene rings is 1. The molecule has 0 saturated heterocycles. The molecule has 4 nitrogen and oxygen atoms in total. The van der Waals surface area contributed by atoms with Crippen LogP contribution in [0.2, 0.25) is 0 Å². The molecule has 0 bridgehead atoms. The number of ether oxygens (including phenoxy) is 3. The molecule has 0 radical (unpaired) electrons. The van der Waals surface area contributed by atoms with Crippen LogP contribution in [0.25, 0.3) is 0 Å². The van der Waals surface area contributed by atoms with Crippen LogP contribution in [-0.4, -0.2) is 19.4 Å². The molecule has 4 heteroatoms. The summed E-state index contributed by atoms with van der Waals surface area (Å²) in [5.41, 5.74) is 7.25. The van der Waals surface area contributed by atoms with E-state index in [1.807, 2.05) is 19.1 Å². The number of fused-ring (bicyclic) bond motifs is 1. The van der Waals surface area contributed by atoms with E-state index in [4.69, 9.17) is 19.9 Å². The first kappa shape index (κ1) is 15.0. The summed E-state index contributed by atoms with van der Waals surface area (Å²) in [4.78, 5) is 0. The van der Waals surface area contributed by atoms with Crippen LogP contribution in [0.3, 0.4) is 0 Å². The summed E-state index contributed by atoms with van der Waals surface area (Å²) in [6, 6.07) is 3.99. The number of hydrogen-bond acceptors (Lipinski definition) is 4. The van der Waals surface area contributed by atoms with Gasteiger partial charge < -0.3 is 19.9 Å². The van der Waals surface area contributed by atoms with E-state index in [1.54, 1.807) is 0 Å². The second-order valence-corrected chi connectivity index (χ2v) is 6.65. The van der Waals surface area contributed by atoms with Crippen LogP contribution in [-0.2, 0) is 6.42 Å². The summed E-state index contributed by atoms with van der Waals surface area (Å²) in [6.45, 7) is 9.58. The fraction of sp³-hybridized carbons (Fsp3) is 0.625. The van der Waals surface area contributed by atoms with Gasteiger partial charge in [-0.1, -0.05) is 20.8 Å². The van der Waals surface area contributed by atoms with Crippen molar-refractivity contribution >= 4 is 0 Å². The van der Waals surface area contributed by atoms with Gasteiger partial charge in [-0.15, -0.1) is 0 Å². The Balaban J connectivity index is 2.12. The van der Waals surface area contributed by atoms with Crippen LogP contribution in [0.15, 0.2) is 12.1 Å². The van der Waals surface area contributed by atoms with Crippen molar-refractivity contribution in [3.05, 3.63) is 17.7 Å². The maximum absolute atomic E-state index is 5.95. The maximum Gasteiger partial charge on any atom is 0.231 e. The SMILES string of the molecule is CC(N)Cc1cc2c(cc1OCCC(C)(C)C)OCO2. The molecule has 1 heterocycles. The zero-order valence-corrected chi connectivity index (χ0v) is 12.9. The van der Waals surface area contributed by atoms with E-state index in [0.29, 0.717) is 6.61 Å². The van der Waals surface area contributed by atoms with Crippen LogP contribution < -0.4 is 19.9 Å². The first-order valence-electron chi connectivity index (χ1n) is 7.16. The Labute approximate surface area is 121 Å². The quantitative estimate of drug-likeness (QED) is 0.899. The Morgan fingerprint density at radius 2 is 1.90 bits per heavy atom. The molecular formula is C16H25NO3. The molecule has 0 spiro atoms. The lowest BCUT2D eigenvalue weighted by Crippen LogP contribution is -2.19. The summed E-state index contributed by atoms with van der Waals surface area (Å²) < 4.78 is 16.8. The topological polar surface area (TPSA) is 53.7 Å². The summed E-state index contributed by atoms with van der Waals surface area (Å²) >= 11 is 0. The number of nitrogens with two attached hydrogens (primary N) is 1. The van der Waals surface area contributed by atoms with Crippen molar-refractivity contribution in [2.24, 2.45) is 11.1 Å². The predicted octanol–water partition coefficient (Wildman–Crippen LogP) is 3.12. The van der Waals surface area contributed by atoms with E-state index in [0.717, 1.165) is 35.7 Å². The van der Waals surface area contributed by atoms with Crippen molar-refractivity contribution in [3.8, 4) is 17.2 Å². The fourth-order valence-electron chi connectivity index (χ4n) is 2.07. The maximum atomic E-state index is 5.95. The highest BCUT2D eigenvalue weighted by Gasteiger charge is 2.19. The number of hydrogen-bond donors (Lipinski definition) is 1. The molecule has 1 atom stereocenters. The normalized spacial score (nSPS) is 15.2. The zero-order valence-electron chi connectivity index (χ0n) is 12.9. The molecular weight excluding hydrogens is 254 g/mol. The Kier molecular flexibility index (Phi) is 4.43. The second-order valence-electron chi connectivity index (χ2n) is 6.65. The van der Waals surface area contributed by atoms with Gasteiger partial charge in [0.1, 0.15) is 5.75 Å². The first-order chi connectivity index (χ1) is 9.35. The van der Waals surface area contributed by atoms with E-state index in [1.165, 1.54) is 0 Å². The van der Waals surface area contributed by atoms with Crippen LogP contribution in [0.5, 0.6) is 17.2 Å². The van der Waals surface area contributed by atoms with Crippen LogP contribution in [0.1, 0.15) is 39.7 Å². The van der Waals surface area contributed by atoms with Gasteiger partial charge in [-0.05, 0) is 36.8 Å². The zero-order chi connectivity index (χ0) is 14.8. The van der Waals surface area contributed by atoms with Crippen molar-refractivity contribution < 1.29 is 14.2 Å². The third-order valence-corrected chi connectivity index (χ3v) is 3.21. The van der Waals surface area contributed by atoms with E-state index in [-0.39, 0.29) is 18.2 Å². The molecule has 20 heavy (non-hydrogen) atoms. The number of rotatable bonds is 5. The molecule has 0 fully saturated rings. The smallest absolute Gasteiger partial charge is 0.231 e. The molecule has 0 saturated carbocycles. The minimum Gasteiger partial charge on any atom is -0.493 e.